The third-order valence-electron chi connectivity index (χ3n) is 4.00. The zero-order chi connectivity index (χ0) is 13.0. The molecule has 0 radical (unpaired) electrons. The largest absolute Gasteiger partial charge is 0.496 e. The molecule has 1 fully saturated rings. The molecule has 0 saturated carbocycles. The van der Waals surface area contributed by atoms with Crippen LogP contribution in [-0.2, 0) is 0 Å². The molecule has 0 bridgehead atoms. The molecule has 2 rings (SSSR count). The van der Waals surface area contributed by atoms with Gasteiger partial charge in [-0.2, -0.15) is 0 Å². The maximum atomic E-state index is 9.70. The Morgan fingerprint density at radius 1 is 1.39 bits per heavy atom. The van der Waals surface area contributed by atoms with E-state index in [4.69, 9.17) is 4.74 Å². The second-order valence-electron chi connectivity index (χ2n) is 5.11. The molecule has 1 heterocycles. The van der Waals surface area contributed by atoms with Gasteiger partial charge in [-0.25, -0.2) is 0 Å². The number of piperidine rings is 1. The Balaban J connectivity index is 2.18. The van der Waals surface area contributed by atoms with Crippen molar-refractivity contribution in [3.05, 3.63) is 29.3 Å². The maximum Gasteiger partial charge on any atom is 0.121 e. The van der Waals surface area contributed by atoms with E-state index in [0.717, 1.165) is 37.2 Å². The van der Waals surface area contributed by atoms with Crippen LogP contribution in [0.2, 0.25) is 0 Å². The minimum absolute atomic E-state index is 0.233. The van der Waals surface area contributed by atoms with Crippen LogP contribution in [0.3, 0.4) is 0 Å². The zero-order valence-corrected chi connectivity index (χ0v) is 11.3. The van der Waals surface area contributed by atoms with Crippen LogP contribution >= 0.6 is 0 Å². The summed E-state index contributed by atoms with van der Waals surface area (Å²) in [6.45, 7) is 4.42. The summed E-state index contributed by atoms with van der Waals surface area (Å²) in [5.74, 6) is 1.77. The summed E-state index contributed by atoms with van der Waals surface area (Å²) in [5, 5.41) is 13.1. The van der Waals surface area contributed by atoms with Crippen molar-refractivity contribution in [2.45, 2.75) is 25.7 Å². The van der Waals surface area contributed by atoms with E-state index in [1.165, 1.54) is 5.56 Å². The molecule has 1 atom stereocenters. The van der Waals surface area contributed by atoms with Gasteiger partial charge in [0.2, 0.25) is 0 Å². The molecule has 3 heteroatoms. The van der Waals surface area contributed by atoms with Crippen molar-refractivity contribution in [3.8, 4) is 5.75 Å². The predicted octanol–water partition coefficient (Wildman–Crippen LogP) is 2.08. The van der Waals surface area contributed by atoms with Crippen molar-refractivity contribution in [1.29, 1.82) is 0 Å². The van der Waals surface area contributed by atoms with Crippen molar-refractivity contribution in [1.82, 2.24) is 5.32 Å². The van der Waals surface area contributed by atoms with E-state index in [2.05, 4.69) is 24.4 Å². The number of ether oxygens (including phenoxy) is 1. The number of aliphatic hydroxyl groups excluding tert-OH is 1. The quantitative estimate of drug-likeness (QED) is 0.858. The number of hydrogen-bond acceptors (Lipinski definition) is 3. The summed E-state index contributed by atoms with van der Waals surface area (Å²) in [4.78, 5) is 0. The predicted molar refractivity (Wildman–Crippen MR) is 73.2 cm³/mol. The van der Waals surface area contributed by atoms with Gasteiger partial charge < -0.3 is 15.2 Å². The second kappa shape index (κ2) is 6.21. The highest BCUT2D eigenvalue weighted by molar-refractivity contribution is 5.37. The second-order valence-corrected chi connectivity index (χ2v) is 5.11. The van der Waals surface area contributed by atoms with Crippen LogP contribution in [0.4, 0.5) is 0 Å². The van der Waals surface area contributed by atoms with Gasteiger partial charge in [-0.15, -0.1) is 0 Å². The van der Waals surface area contributed by atoms with Gasteiger partial charge in [0, 0.05) is 5.92 Å². The van der Waals surface area contributed by atoms with Crippen LogP contribution in [-0.4, -0.2) is 31.9 Å². The van der Waals surface area contributed by atoms with Gasteiger partial charge in [-0.3, -0.25) is 0 Å². The summed E-state index contributed by atoms with van der Waals surface area (Å²) in [6, 6.07) is 6.25. The minimum atomic E-state index is 0.233. The first kappa shape index (κ1) is 13.4. The smallest absolute Gasteiger partial charge is 0.121 e. The topological polar surface area (TPSA) is 41.5 Å². The first-order valence-corrected chi connectivity index (χ1v) is 6.72. The molecule has 1 aromatic rings. The molecule has 18 heavy (non-hydrogen) atoms. The Labute approximate surface area is 109 Å². The summed E-state index contributed by atoms with van der Waals surface area (Å²) < 4.78 is 5.29. The Morgan fingerprint density at radius 3 is 2.67 bits per heavy atom. The summed E-state index contributed by atoms with van der Waals surface area (Å²) in [5.41, 5.74) is 2.38. The third-order valence-corrected chi connectivity index (χ3v) is 4.00. The number of nitrogens with one attached hydrogen (secondary N) is 1. The number of aliphatic hydroxyl groups is 1. The molecule has 0 spiro atoms. The molecule has 1 unspecified atom stereocenters. The molecule has 1 saturated heterocycles. The fourth-order valence-electron chi connectivity index (χ4n) is 2.91. The number of rotatable bonds is 4. The first-order chi connectivity index (χ1) is 8.76. The molecule has 100 valence electrons. The highest BCUT2D eigenvalue weighted by Gasteiger charge is 2.24. The standard InChI is InChI=1S/C15H23NO2/c1-11-9-13(3-4-15(11)18-2)14(10-17)12-5-7-16-8-6-12/h3-4,9,12,14,16-17H,5-8,10H2,1-2H3. The lowest BCUT2D eigenvalue weighted by molar-refractivity contribution is 0.201. The lowest BCUT2D eigenvalue weighted by Gasteiger charge is -2.30. The van der Waals surface area contributed by atoms with E-state index in [9.17, 15) is 5.11 Å². The van der Waals surface area contributed by atoms with Gasteiger partial charge in [-0.1, -0.05) is 12.1 Å². The fourth-order valence-corrected chi connectivity index (χ4v) is 2.91. The summed E-state index contributed by atoms with van der Waals surface area (Å²) in [7, 11) is 1.69. The van der Waals surface area contributed by atoms with Crippen molar-refractivity contribution in [3.63, 3.8) is 0 Å². The number of methoxy groups -OCH3 is 1. The maximum absolute atomic E-state index is 9.70. The Kier molecular flexibility index (Phi) is 4.61. The molecule has 0 aliphatic carbocycles. The highest BCUT2D eigenvalue weighted by Crippen LogP contribution is 2.32. The Hall–Kier alpha value is -1.06. The number of benzene rings is 1. The van der Waals surface area contributed by atoms with Crippen LogP contribution in [0.25, 0.3) is 0 Å². The molecular formula is C15H23NO2. The van der Waals surface area contributed by atoms with Crippen molar-refractivity contribution >= 4 is 0 Å². The SMILES string of the molecule is COc1ccc(C(CO)C2CCNCC2)cc1C. The van der Waals surface area contributed by atoms with Gasteiger partial charge in [0.25, 0.3) is 0 Å². The van der Waals surface area contributed by atoms with Crippen LogP contribution in [0, 0.1) is 12.8 Å². The highest BCUT2D eigenvalue weighted by atomic mass is 16.5. The minimum Gasteiger partial charge on any atom is -0.496 e. The van der Waals surface area contributed by atoms with Crippen molar-refractivity contribution in [2.24, 2.45) is 5.92 Å². The Morgan fingerprint density at radius 2 is 2.11 bits per heavy atom. The molecule has 0 aromatic heterocycles. The molecule has 3 nitrogen and oxygen atoms in total. The summed E-state index contributed by atoms with van der Waals surface area (Å²) in [6.07, 6.45) is 2.30. The van der Waals surface area contributed by atoms with Crippen LogP contribution < -0.4 is 10.1 Å². The van der Waals surface area contributed by atoms with Gasteiger partial charge in [-0.05, 0) is 56.0 Å². The lowest BCUT2D eigenvalue weighted by Crippen LogP contribution is -2.32. The van der Waals surface area contributed by atoms with Crippen molar-refractivity contribution in [2.75, 3.05) is 26.8 Å². The van der Waals surface area contributed by atoms with Gasteiger partial charge in [0.15, 0.2) is 0 Å². The molecule has 1 aromatic carbocycles. The Bertz CT molecular complexity index is 386. The normalized spacial score (nSPS) is 18.6. The molecule has 2 N–H and O–H groups in total. The lowest BCUT2D eigenvalue weighted by atomic mass is 9.80. The van der Waals surface area contributed by atoms with Crippen LogP contribution in [0.15, 0.2) is 18.2 Å². The molecule has 1 aliphatic rings. The number of hydrogen-bond donors (Lipinski definition) is 2. The average molecular weight is 249 g/mol. The number of aryl methyl sites for hydroxylation is 1. The molecule has 0 amide bonds. The van der Waals surface area contributed by atoms with E-state index in [0.29, 0.717) is 5.92 Å². The van der Waals surface area contributed by atoms with E-state index in [-0.39, 0.29) is 12.5 Å². The fraction of sp³-hybridized carbons (Fsp3) is 0.600. The van der Waals surface area contributed by atoms with Gasteiger partial charge in [0.05, 0.1) is 13.7 Å². The van der Waals surface area contributed by atoms with Crippen LogP contribution in [0.5, 0.6) is 5.75 Å². The van der Waals surface area contributed by atoms with Crippen molar-refractivity contribution < 1.29 is 9.84 Å². The molecular weight excluding hydrogens is 226 g/mol. The van der Waals surface area contributed by atoms with Gasteiger partial charge in [0.1, 0.15) is 5.75 Å². The van der Waals surface area contributed by atoms with E-state index in [1.54, 1.807) is 7.11 Å². The van der Waals surface area contributed by atoms with E-state index >= 15 is 0 Å². The first-order valence-electron chi connectivity index (χ1n) is 6.72. The van der Waals surface area contributed by atoms with E-state index < -0.39 is 0 Å². The summed E-state index contributed by atoms with van der Waals surface area (Å²) >= 11 is 0. The monoisotopic (exact) mass is 249 g/mol. The average Bonchev–Trinajstić information content (AvgIpc) is 2.41. The molecule has 1 aliphatic heterocycles. The van der Waals surface area contributed by atoms with E-state index in [1.807, 2.05) is 6.07 Å². The zero-order valence-electron chi connectivity index (χ0n) is 11.3. The van der Waals surface area contributed by atoms with Gasteiger partial charge >= 0.3 is 0 Å². The third kappa shape index (κ3) is 2.85. The van der Waals surface area contributed by atoms with Crippen LogP contribution in [0.1, 0.15) is 29.9 Å².